The molecule has 0 unspecified atom stereocenters. The van der Waals surface area contributed by atoms with E-state index in [1.807, 2.05) is 24.3 Å². The van der Waals surface area contributed by atoms with Crippen molar-refractivity contribution in [2.45, 2.75) is 44.6 Å². The molecule has 1 N–H and O–H groups in total. The Balaban J connectivity index is 1.99. The Bertz CT molecular complexity index is 443. The molecule has 1 aromatic carbocycles. The molecule has 1 aliphatic carbocycles. The number of ether oxygens (including phenoxy) is 1. The van der Waals surface area contributed by atoms with Crippen LogP contribution in [0.15, 0.2) is 30.3 Å². The van der Waals surface area contributed by atoms with Gasteiger partial charge in [-0.3, -0.25) is 0 Å². The molecule has 1 aromatic rings. The average Bonchev–Trinajstić information content (AvgIpc) is 2.65. The molecule has 0 radical (unpaired) electrons. The number of carboxylic acid groups (broad SMARTS) is 1. The SMILES string of the molecule is O=C(O)/C=C/c1cccc(OC2CCCCCC2)c1. The molecule has 0 atom stereocenters. The van der Waals surface area contributed by atoms with Gasteiger partial charge in [0.2, 0.25) is 0 Å². The second kappa shape index (κ2) is 6.98. The molecule has 0 aromatic heterocycles. The maximum absolute atomic E-state index is 10.5. The van der Waals surface area contributed by atoms with Crippen LogP contribution in [-0.2, 0) is 4.79 Å². The second-order valence-corrected chi connectivity index (χ2v) is 4.98. The second-order valence-electron chi connectivity index (χ2n) is 4.98. The molecule has 1 aliphatic rings. The summed E-state index contributed by atoms with van der Waals surface area (Å²) in [6.07, 6.45) is 10.4. The van der Waals surface area contributed by atoms with Gasteiger partial charge in [-0.05, 0) is 49.5 Å². The van der Waals surface area contributed by atoms with Gasteiger partial charge in [0.25, 0.3) is 0 Å². The van der Waals surface area contributed by atoms with Crippen LogP contribution in [0.3, 0.4) is 0 Å². The first-order chi connectivity index (χ1) is 9.24. The van der Waals surface area contributed by atoms with Crippen LogP contribution in [0.25, 0.3) is 6.08 Å². The molecule has 0 spiro atoms. The zero-order valence-electron chi connectivity index (χ0n) is 11.0. The summed E-state index contributed by atoms with van der Waals surface area (Å²) in [5.41, 5.74) is 0.855. The van der Waals surface area contributed by atoms with Gasteiger partial charge < -0.3 is 9.84 Å². The maximum Gasteiger partial charge on any atom is 0.328 e. The fourth-order valence-electron chi connectivity index (χ4n) is 2.41. The van der Waals surface area contributed by atoms with E-state index >= 15 is 0 Å². The molecule has 0 amide bonds. The van der Waals surface area contributed by atoms with Crippen molar-refractivity contribution in [2.24, 2.45) is 0 Å². The highest BCUT2D eigenvalue weighted by Crippen LogP contribution is 2.23. The van der Waals surface area contributed by atoms with E-state index in [2.05, 4.69) is 0 Å². The van der Waals surface area contributed by atoms with Crippen LogP contribution in [-0.4, -0.2) is 17.2 Å². The third-order valence-electron chi connectivity index (χ3n) is 3.38. The van der Waals surface area contributed by atoms with Gasteiger partial charge in [-0.1, -0.05) is 25.0 Å². The third-order valence-corrected chi connectivity index (χ3v) is 3.38. The molecule has 0 aliphatic heterocycles. The molecule has 0 saturated heterocycles. The van der Waals surface area contributed by atoms with E-state index in [4.69, 9.17) is 9.84 Å². The standard InChI is InChI=1S/C16H20O3/c17-16(18)11-10-13-6-5-9-15(12-13)19-14-7-3-1-2-4-8-14/h5-6,9-12,14H,1-4,7-8H2,(H,17,18)/b11-10+. The Hall–Kier alpha value is -1.77. The number of hydrogen-bond acceptors (Lipinski definition) is 2. The zero-order valence-corrected chi connectivity index (χ0v) is 11.0. The van der Waals surface area contributed by atoms with Crippen molar-refractivity contribution in [3.05, 3.63) is 35.9 Å². The Morgan fingerprint density at radius 1 is 1.21 bits per heavy atom. The number of hydrogen-bond donors (Lipinski definition) is 1. The van der Waals surface area contributed by atoms with E-state index in [1.165, 1.54) is 25.7 Å². The lowest BCUT2D eigenvalue weighted by molar-refractivity contribution is -0.131. The van der Waals surface area contributed by atoms with Crippen LogP contribution in [0.1, 0.15) is 44.1 Å². The van der Waals surface area contributed by atoms with E-state index in [0.717, 1.165) is 30.2 Å². The Labute approximate surface area is 113 Å². The first kappa shape index (κ1) is 13.7. The van der Waals surface area contributed by atoms with Gasteiger partial charge >= 0.3 is 5.97 Å². The van der Waals surface area contributed by atoms with E-state index < -0.39 is 5.97 Å². The number of carbonyl (C=O) groups is 1. The highest BCUT2D eigenvalue weighted by molar-refractivity contribution is 5.85. The van der Waals surface area contributed by atoms with E-state index in [1.54, 1.807) is 6.08 Å². The number of benzene rings is 1. The van der Waals surface area contributed by atoms with Gasteiger partial charge in [0.15, 0.2) is 0 Å². The normalized spacial score (nSPS) is 17.3. The number of rotatable bonds is 4. The lowest BCUT2D eigenvalue weighted by Crippen LogP contribution is -2.14. The van der Waals surface area contributed by atoms with E-state index in [-0.39, 0.29) is 0 Å². The molecule has 0 bridgehead atoms. The zero-order chi connectivity index (χ0) is 13.5. The van der Waals surface area contributed by atoms with Crippen LogP contribution in [0.5, 0.6) is 5.75 Å². The topological polar surface area (TPSA) is 46.5 Å². The van der Waals surface area contributed by atoms with Crippen molar-refractivity contribution < 1.29 is 14.6 Å². The molecule has 0 heterocycles. The van der Waals surface area contributed by atoms with E-state index in [9.17, 15) is 4.79 Å². The molecule has 1 saturated carbocycles. The monoisotopic (exact) mass is 260 g/mol. The van der Waals surface area contributed by atoms with Crippen LogP contribution in [0.4, 0.5) is 0 Å². The highest BCUT2D eigenvalue weighted by Gasteiger charge is 2.13. The lowest BCUT2D eigenvalue weighted by Gasteiger charge is -2.17. The van der Waals surface area contributed by atoms with Gasteiger partial charge in [0.1, 0.15) is 5.75 Å². The summed E-state index contributed by atoms with van der Waals surface area (Å²) in [6.45, 7) is 0. The molecular formula is C16H20O3. The molecular weight excluding hydrogens is 240 g/mol. The lowest BCUT2D eigenvalue weighted by atomic mass is 10.1. The molecule has 3 heteroatoms. The quantitative estimate of drug-likeness (QED) is 0.660. The van der Waals surface area contributed by atoms with Crippen LogP contribution in [0, 0.1) is 0 Å². The summed E-state index contributed by atoms with van der Waals surface area (Å²) < 4.78 is 6.00. The molecule has 102 valence electrons. The Morgan fingerprint density at radius 2 is 1.95 bits per heavy atom. The summed E-state index contributed by atoms with van der Waals surface area (Å²) in [5, 5.41) is 8.62. The van der Waals surface area contributed by atoms with Crippen molar-refractivity contribution >= 4 is 12.0 Å². The van der Waals surface area contributed by atoms with Crippen LogP contribution < -0.4 is 4.74 Å². The van der Waals surface area contributed by atoms with Gasteiger partial charge in [-0.25, -0.2) is 4.79 Å². The molecule has 19 heavy (non-hydrogen) atoms. The minimum Gasteiger partial charge on any atom is -0.490 e. The van der Waals surface area contributed by atoms with Crippen LogP contribution >= 0.6 is 0 Å². The Morgan fingerprint density at radius 3 is 2.63 bits per heavy atom. The largest absolute Gasteiger partial charge is 0.490 e. The maximum atomic E-state index is 10.5. The van der Waals surface area contributed by atoms with Gasteiger partial charge in [-0.15, -0.1) is 0 Å². The summed E-state index contributed by atoms with van der Waals surface area (Å²) in [5.74, 6) is -0.102. The van der Waals surface area contributed by atoms with Gasteiger partial charge in [0.05, 0.1) is 6.10 Å². The number of carboxylic acids is 1. The first-order valence-corrected chi connectivity index (χ1v) is 6.92. The van der Waals surface area contributed by atoms with Crippen molar-refractivity contribution in [1.82, 2.24) is 0 Å². The fourth-order valence-corrected chi connectivity index (χ4v) is 2.41. The van der Waals surface area contributed by atoms with Crippen LogP contribution in [0.2, 0.25) is 0 Å². The van der Waals surface area contributed by atoms with Crippen molar-refractivity contribution in [2.75, 3.05) is 0 Å². The van der Waals surface area contributed by atoms with Gasteiger partial charge in [0, 0.05) is 6.08 Å². The summed E-state index contributed by atoms with van der Waals surface area (Å²) in [6, 6.07) is 7.60. The molecule has 1 fully saturated rings. The van der Waals surface area contributed by atoms with Crippen molar-refractivity contribution in [3.63, 3.8) is 0 Å². The Kier molecular flexibility index (Phi) is 5.01. The highest BCUT2D eigenvalue weighted by atomic mass is 16.5. The third kappa shape index (κ3) is 4.78. The van der Waals surface area contributed by atoms with Gasteiger partial charge in [-0.2, -0.15) is 0 Å². The summed E-state index contributed by atoms with van der Waals surface area (Å²) in [4.78, 5) is 10.5. The molecule has 2 rings (SSSR count). The predicted molar refractivity (Wildman–Crippen MR) is 75.2 cm³/mol. The number of aliphatic carboxylic acids is 1. The predicted octanol–water partition coefficient (Wildman–Crippen LogP) is 3.89. The summed E-state index contributed by atoms with van der Waals surface area (Å²) in [7, 11) is 0. The smallest absolute Gasteiger partial charge is 0.328 e. The first-order valence-electron chi connectivity index (χ1n) is 6.92. The summed E-state index contributed by atoms with van der Waals surface area (Å²) >= 11 is 0. The molecule has 3 nitrogen and oxygen atoms in total. The van der Waals surface area contributed by atoms with E-state index in [0.29, 0.717) is 6.10 Å². The fraction of sp³-hybridized carbons (Fsp3) is 0.438. The van der Waals surface area contributed by atoms with Crippen molar-refractivity contribution in [3.8, 4) is 5.75 Å². The van der Waals surface area contributed by atoms with Crippen molar-refractivity contribution in [1.29, 1.82) is 0 Å². The average molecular weight is 260 g/mol. The minimum atomic E-state index is -0.935. The minimum absolute atomic E-state index is 0.307.